The summed E-state index contributed by atoms with van der Waals surface area (Å²) >= 11 is 0. The summed E-state index contributed by atoms with van der Waals surface area (Å²) in [5.41, 5.74) is 0.319. The van der Waals surface area contributed by atoms with Gasteiger partial charge in [-0.05, 0) is 6.07 Å². The Hall–Kier alpha value is -1.31. The van der Waals surface area contributed by atoms with Crippen LogP contribution in [-0.4, -0.2) is 35.8 Å². The van der Waals surface area contributed by atoms with E-state index in [4.69, 9.17) is 10.2 Å². The van der Waals surface area contributed by atoms with Gasteiger partial charge in [-0.1, -0.05) is 18.2 Å². The van der Waals surface area contributed by atoms with Crippen LogP contribution in [0.5, 0.6) is 5.75 Å². The first-order valence-corrected chi connectivity index (χ1v) is 5.25. The first kappa shape index (κ1) is 14.7. The maximum absolute atomic E-state index is 12.1. The predicted molar refractivity (Wildman–Crippen MR) is 57.9 cm³/mol. The molecule has 0 fully saturated rings. The molecular formula is C11H14F3NO3. The summed E-state index contributed by atoms with van der Waals surface area (Å²) in [6.45, 7) is -0.228. The third kappa shape index (κ3) is 5.35. The number of para-hydroxylation sites is 1. The van der Waals surface area contributed by atoms with Crippen LogP contribution in [0.1, 0.15) is 5.56 Å². The van der Waals surface area contributed by atoms with Crippen LogP contribution >= 0.6 is 0 Å². The Labute approximate surface area is 102 Å². The van der Waals surface area contributed by atoms with Crippen molar-refractivity contribution in [3.05, 3.63) is 29.8 Å². The van der Waals surface area contributed by atoms with Gasteiger partial charge in [-0.15, -0.1) is 13.2 Å². The second-order valence-electron chi connectivity index (χ2n) is 3.62. The minimum absolute atomic E-state index is 0.0802. The van der Waals surface area contributed by atoms with Gasteiger partial charge < -0.3 is 20.3 Å². The molecular weight excluding hydrogens is 251 g/mol. The van der Waals surface area contributed by atoms with Gasteiger partial charge in [-0.25, -0.2) is 0 Å². The van der Waals surface area contributed by atoms with E-state index < -0.39 is 19.1 Å². The molecule has 1 rings (SSSR count). The van der Waals surface area contributed by atoms with Crippen LogP contribution < -0.4 is 10.1 Å². The van der Waals surface area contributed by atoms with Crippen LogP contribution in [0.25, 0.3) is 0 Å². The van der Waals surface area contributed by atoms with Gasteiger partial charge in [0.05, 0.1) is 12.7 Å². The fourth-order valence-corrected chi connectivity index (χ4v) is 1.31. The van der Waals surface area contributed by atoms with Crippen molar-refractivity contribution < 1.29 is 28.1 Å². The summed E-state index contributed by atoms with van der Waals surface area (Å²) in [5, 5.41) is 20.4. The highest BCUT2D eigenvalue weighted by molar-refractivity contribution is 5.33. The number of ether oxygens (including phenoxy) is 1. The van der Waals surface area contributed by atoms with Gasteiger partial charge in [0.15, 0.2) is 0 Å². The van der Waals surface area contributed by atoms with E-state index in [1.165, 1.54) is 18.2 Å². The monoisotopic (exact) mass is 265 g/mol. The Morgan fingerprint density at radius 1 is 1.28 bits per heavy atom. The quantitative estimate of drug-likeness (QED) is 0.719. The van der Waals surface area contributed by atoms with Gasteiger partial charge >= 0.3 is 6.36 Å². The van der Waals surface area contributed by atoms with Crippen LogP contribution in [0, 0.1) is 0 Å². The molecule has 0 saturated carbocycles. The number of halogens is 3. The first-order chi connectivity index (χ1) is 8.42. The topological polar surface area (TPSA) is 61.7 Å². The van der Waals surface area contributed by atoms with Crippen LogP contribution in [-0.2, 0) is 6.54 Å². The molecule has 1 aromatic rings. The van der Waals surface area contributed by atoms with Crippen molar-refractivity contribution in [3.8, 4) is 5.75 Å². The largest absolute Gasteiger partial charge is 0.573 e. The Bertz CT molecular complexity index is 371. The Kier molecular flexibility index (Phi) is 5.39. The molecule has 0 aromatic heterocycles. The molecule has 0 amide bonds. The molecule has 4 nitrogen and oxygen atoms in total. The zero-order valence-electron chi connectivity index (χ0n) is 9.44. The maximum Gasteiger partial charge on any atom is 0.573 e. The number of aliphatic hydroxyl groups is 2. The number of alkyl halides is 3. The fraction of sp³-hybridized carbons (Fsp3) is 0.455. The highest BCUT2D eigenvalue weighted by atomic mass is 19.4. The number of hydrogen-bond donors (Lipinski definition) is 3. The van der Waals surface area contributed by atoms with Gasteiger partial charge in [-0.3, -0.25) is 0 Å². The summed E-state index contributed by atoms with van der Waals surface area (Å²) in [6, 6.07) is 5.72. The lowest BCUT2D eigenvalue weighted by atomic mass is 10.2. The van der Waals surface area contributed by atoms with Crippen LogP contribution in [0.15, 0.2) is 24.3 Å². The molecule has 0 aliphatic carbocycles. The van der Waals surface area contributed by atoms with Gasteiger partial charge in [0.1, 0.15) is 5.75 Å². The van der Waals surface area contributed by atoms with Gasteiger partial charge in [0.2, 0.25) is 0 Å². The normalized spacial score (nSPS) is 13.4. The number of nitrogens with one attached hydrogen (secondary N) is 1. The van der Waals surface area contributed by atoms with E-state index >= 15 is 0 Å². The zero-order valence-corrected chi connectivity index (χ0v) is 9.44. The number of hydrogen-bond acceptors (Lipinski definition) is 4. The van der Waals surface area contributed by atoms with Gasteiger partial charge in [-0.2, -0.15) is 0 Å². The van der Waals surface area contributed by atoms with Crippen molar-refractivity contribution in [3.63, 3.8) is 0 Å². The molecule has 3 N–H and O–H groups in total. The number of benzene rings is 1. The average molecular weight is 265 g/mol. The van der Waals surface area contributed by atoms with Crippen molar-refractivity contribution in [2.45, 2.75) is 19.0 Å². The van der Waals surface area contributed by atoms with E-state index in [1.54, 1.807) is 6.07 Å². The van der Waals surface area contributed by atoms with Crippen LogP contribution in [0.2, 0.25) is 0 Å². The summed E-state index contributed by atoms with van der Waals surface area (Å²) in [7, 11) is 0. The molecule has 0 aliphatic heterocycles. The van der Waals surface area contributed by atoms with E-state index in [1.807, 2.05) is 0 Å². The smallest absolute Gasteiger partial charge is 0.405 e. The zero-order chi connectivity index (χ0) is 13.6. The highest BCUT2D eigenvalue weighted by Crippen LogP contribution is 2.25. The van der Waals surface area contributed by atoms with Crippen molar-refractivity contribution >= 4 is 0 Å². The van der Waals surface area contributed by atoms with E-state index in [9.17, 15) is 13.2 Å². The molecule has 18 heavy (non-hydrogen) atoms. The molecule has 1 aromatic carbocycles. The maximum atomic E-state index is 12.1. The van der Waals surface area contributed by atoms with Crippen molar-refractivity contribution in [1.82, 2.24) is 5.32 Å². The average Bonchev–Trinajstić information content (AvgIpc) is 2.29. The standard InChI is InChI=1S/C11H14F3NO3/c12-11(13,14)18-10-4-2-1-3-8(10)5-15-6-9(17)7-16/h1-4,9,15-17H,5-7H2. The summed E-state index contributed by atoms with van der Waals surface area (Å²) in [4.78, 5) is 0. The fourth-order valence-electron chi connectivity index (χ4n) is 1.31. The van der Waals surface area contributed by atoms with Crippen LogP contribution in [0.4, 0.5) is 13.2 Å². The van der Waals surface area contributed by atoms with E-state index in [2.05, 4.69) is 10.1 Å². The van der Waals surface area contributed by atoms with E-state index in [0.29, 0.717) is 5.56 Å². The lowest BCUT2D eigenvalue weighted by Crippen LogP contribution is -2.29. The third-order valence-corrected chi connectivity index (χ3v) is 2.10. The minimum Gasteiger partial charge on any atom is -0.405 e. The van der Waals surface area contributed by atoms with Gasteiger partial charge in [0.25, 0.3) is 0 Å². The molecule has 0 aliphatic rings. The van der Waals surface area contributed by atoms with Crippen molar-refractivity contribution in [2.75, 3.05) is 13.2 Å². The SMILES string of the molecule is OCC(O)CNCc1ccccc1OC(F)(F)F. The predicted octanol–water partition coefficient (Wildman–Crippen LogP) is 1.03. The summed E-state index contributed by atoms with van der Waals surface area (Å²) in [6.07, 6.45) is -5.68. The molecule has 0 saturated heterocycles. The molecule has 1 unspecified atom stereocenters. The van der Waals surface area contributed by atoms with Crippen molar-refractivity contribution in [1.29, 1.82) is 0 Å². The Morgan fingerprint density at radius 2 is 1.94 bits per heavy atom. The molecule has 0 bridgehead atoms. The second-order valence-corrected chi connectivity index (χ2v) is 3.62. The van der Waals surface area contributed by atoms with Crippen LogP contribution in [0.3, 0.4) is 0 Å². The lowest BCUT2D eigenvalue weighted by Gasteiger charge is -2.14. The molecule has 0 spiro atoms. The molecule has 102 valence electrons. The Balaban J connectivity index is 2.59. The lowest BCUT2D eigenvalue weighted by molar-refractivity contribution is -0.274. The Morgan fingerprint density at radius 3 is 2.56 bits per heavy atom. The first-order valence-electron chi connectivity index (χ1n) is 5.25. The molecule has 0 radical (unpaired) electrons. The van der Waals surface area contributed by atoms with E-state index in [-0.39, 0.29) is 18.8 Å². The molecule has 1 atom stereocenters. The number of rotatable bonds is 6. The third-order valence-electron chi connectivity index (χ3n) is 2.10. The summed E-state index contributed by atoms with van der Waals surface area (Å²) in [5.74, 6) is -0.281. The highest BCUT2D eigenvalue weighted by Gasteiger charge is 2.31. The minimum atomic E-state index is -4.74. The van der Waals surface area contributed by atoms with Gasteiger partial charge in [0, 0.05) is 18.7 Å². The molecule has 7 heteroatoms. The second kappa shape index (κ2) is 6.58. The number of aliphatic hydroxyl groups excluding tert-OH is 2. The molecule has 0 heterocycles. The van der Waals surface area contributed by atoms with Crippen molar-refractivity contribution in [2.24, 2.45) is 0 Å². The summed E-state index contributed by atoms with van der Waals surface area (Å²) < 4.78 is 40.2. The van der Waals surface area contributed by atoms with E-state index in [0.717, 1.165) is 0 Å².